The maximum atomic E-state index is 13.1. The molecule has 2 atom stereocenters. The van der Waals surface area contributed by atoms with Crippen LogP contribution in [0.5, 0.6) is 0 Å². The molecule has 5 heteroatoms. The number of amides is 1. The van der Waals surface area contributed by atoms with Gasteiger partial charge in [-0.3, -0.25) is 4.79 Å². The fraction of sp³-hybridized carbons (Fsp3) is 0.292. The van der Waals surface area contributed by atoms with E-state index in [1.165, 1.54) is 6.92 Å². The predicted octanol–water partition coefficient (Wildman–Crippen LogP) is 4.59. The van der Waals surface area contributed by atoms with Gasteiger partial charge in [0, 0.05) is 0 Å². The first-order chi connectivity index (χ1) is 13.8. The lowest BCUT2D eigenvalue weighted by Crippen LogP contribution is -2.52. The molecular formula is C24H24N2O3. The summed E-state index contributed by atoms with van der Waals surface area (Å²) in [5.74, 6) is -1.16. The van der Waals surface area contributed by atoms with E-state index in [-0.39, 0.29) is 5.92 Å². The van der Waals surface area contributed by atoms with Gasteiger partial charge in [0.1, 0.15) is 5.54 Å². The zero-order valence-electron chi connectivity index (χ0n) is 17.0. The summed E-state index contributed by atoms with van der Waals surface area (Å²) >= 11 is 0. The predicted molar refractivity (Wildman–Crippen MR) is 113 cm³/mol. The Kier molecular flexibility index (Phi) is 5.56. The monoisotopic (exact) mass is 388 g/mol. The van der Waals surface area contributed by atoms with Crippen LogP contribution in [0.15, 0.2) is 54.6 Å². The number of ether oxygens (including phenoxy) is 1. The van der Waals surface area contributed by atoms with E-state index in [0.29, 0.717) is 5.56 Å². The Labute approximate surface area is 170 Å². The average Bonchev–Trinajstić information content (AvgIpc) is 2.71. The van der Waals surface area contributed by atoms with Gasteiger partial charge < -0.3 is 10.1 Å². The van der Waals surface area contributed by atoms with Crippen LogP contribution in [0.2, 0.25) is 0 Å². The summed E-state index contributed by atoms with van der Waals surface area (Å²) < 4.78 is 5.52. The Morgan fingerprint density at radius 2 is 1.52 bits per heavy atom. The molecule has 0 unspecified atom stereocenters. The molecule has 0 radical (unpaired) electrons. The molecule has 0 heterocycles. The number of rotatable bonds is 5. The van der Waals surface area contributed by atoms with E-state index in [4.69, 9.17) is 4.74 Å². The normalized spacial score (nSPS) is 14.2. The molecule has 0 aliphatic rings. The first-order valence-electron chi connectivity index (χ1n) is 9.61. The van der Waals surface area contributed by atoms with Gasteiger partial charge >= 0.3 is 5.97 Å². The molecule has 0 aliphatic carbocycles. The minimum Gasteiger partial charge on any atom is -0.449 e. The highest BCUT2D eigenvalue weighted by Crippen LogP contribution is 2.29. The summed E-state index contributed by atoms with van der Waals surface area (Å²) in [7, 11) is 0. The zero-order valence-corrected chi connectivity index (χ0v) is 17.0. The van der Waals surface area contributed by atoms with Gasteiger partial charge in [-0.05, 0) is 47.4 Å². The van der Waals surface area contributed by atoms with Crippen molar-refractivity contribution in [1.82, 2.24) is 5.32 Å². The van der Waals surface area contributed by atoms with Crippen molar-refractivity contribution in [2.45, 2.75) is 39.3 Å². The Hall–Kier alpha value is -3.39. The lowest BCUT2D eigenvalue weighted by atomic mass is 9.90. The molecule has 1 amide bonds. The third-order valence-electron chi connectivity index (χ3n) is 5.40. The smallest absolute Gasteiger partial charge is 0.340 e. The number of nitrogens with one attached hydrogen (secondary N) is 1. The van der Waals surface area contributed by atoms with E-state index in [9.17, 15) is 14.9 Å². The summed E-state index contributed by atoms with van der Waals surface area (Å²) in [5.41, 5.74) is -0.602. The molecule has 0 aromatic heterocycles. The highest BCUT2D eigenvalue weighted by Gasteiger charge is 2.33. The number of hydrogen-bond donors (Lipinski definition) is 1. The molecular weight excluding hydrogens is 364 g/mol. The minimum absolute atomic E-state index is 0.0960. The summed E-state index contributed by atoms with van der Waals surface area (Å²) in [4.78, 5) is 25.7. The Morgan fingerprint density at radius 3 is 2.00 bits per heavy atom. The summed E-state index contributed by atoms with van der Waals surface area (Å²) in [5, 5.41) is 15.5. The topological polar surface area (TPSA) is 79.2 Å². The number of fused-ring (bicyclic) bond motifs is 2. The van der Waals surface area contributed by atoms with Crippen LogP contribution in [-0.2, 0) is 9.53 Å². The molecule has 5 nitrogen and oxygen atoms in total. The fourth-order valence-electron chi connectivity index (χ4n) is 3.17. The fourth-order valence-corrected chi connectivity index (χ4v) is 3.17. The lowest BCUT2D eigenvalue weighted by Gasteiger charge is -2.28. The molecule has 1 N–H and O–H groups in total. The van der Waals surface area contributed by atoms with Crippen molar-refractivity contribution in [3.63, 3.8) is 0 Å². The van der Waals surface area contributed by atoms with Crippen molar-refractivity contribution in [2.24, 2.45) is 5.92 Å². The van der Waals surface area contributed by atoms with Crippen molar-refractivity contribution in [3.05, 3.63) is 60.2 Å². The second-order valence-electron chi connectivity index (χ2n) is 7.70. The molecule has 148 valence electrons. The highest BCUT2D eigenvalue weighted by molar-refractivity contribution is 6.16. The maximum absolute atomic E-state index is 13.1. The highest BCUT2D eigenvalue weighted by atomic mass is 16.5. The number of hydrogen-bond acceptors (Lipinski definition) is 4. The summed E-state index contributed by atoms with van der Waals surface area (Å²) in [6.07, 6.45) is -1.04. The molecule has 0 spiro atoms. The third-order valence-corrected chi connectivity index (χ3v) is 5.40. The van der Waals surface area contributed by atoms with Gasteiger partial charge in [-0.1, -0.05) is 62.4 Å². The molecule has 29 heavy (non-hydrogen) atoms. The molecule has 3 aromatic carbocycles. The van der Waals surface area contributed by atoms with E-state index in [1.54, 1.807) is 6.92 Å². The van der Waals surface area contributed by atoms with Crippen LogP contribution in [-0.4, -0.2) is 23.5 Å². The molecule has 3 aromatic rings. The average molecular weight is 388 g/mol. The van der Waals surface area contributed by atoms with E-state index >= 15 is 0 Å². The molecule has 3 rings (SSSR count). The third kappa shape index (κ3) is 3.93. The molecule has 0 bridgehead atoms. The number of esters is 1. The van der Waals surface area contributed by atoms with Crippen LogP contribution in [0.4, 0.5) is 0 Å². The Morgan fingerprint density at radius 1 is 1.00 bits per heavy atom. The number of carbonyl (C=O) groups is 2. The molecule has 0 saturated heterocycles. The summed E-state index contributed by atoms with van der Waals surface area (Å²) in [6, 6.07) is 19.3. The van der Waals surface area contributed by atoms with Gasteiger partial charge in [0.05, 0.1) is 11.6 Å². The number of nitrogens with zero attached hydrogens (tertiary/aromatic N) is 1. The number of benzene rings is 3. The van der Waals surface area contributed by atoms with E-state index in [2.05, 4.69) is 11.4 Å². The van der Waals surface area contributed by atoms with E-state index in [0.717, 1.165) is 21.5 Å². The van der Waals surface area contributed by atoms with Gasteiger partial charge in [0.25, 0.3) is 5.91 Å². The number of carbonyl (C=O) groups excluding carboxylic acids is 2. The van der Waals surface area contributed by atoms with Crippen LogP contribution in [0, 0.1) is 17.2 Å². The first kappa shape index (κ1) is 20.3. The second-order valence-corrected chi connectivity index (χ2v) is 7.70. The van der Waals surface area contributed by atoms with E-state index in [1.807, 2.05) is 68.4 Å². The van der Waals surface area contributed by atoms with Crippen LogP contribution in [0.1, 0.15) is 38.1 Å². The Balaban J connectivity index is 1.93. The van der Waals surface area contributed by atoms with Gasteiger partial charge in [-0.15, -0.1) is 0 Å². The minimum atomic E-state index is -1.04. The van der Waals surface area contributed by atoms with Crippen LogP contribution in [0.25, 0.3) is 21.5 Å². The molecule has 0 fully saturated rings. The van der Waals surface area contributed by atoms with Crippen molar-refractivity contribution >= 4 is 33.4 Å². The van der Waals surface area contributed by atoms with Gasteiger partial charge in [0.15, 0.2) is 6.10 Å². The quantitative estimate of drug-likeness (QED) is 0.512. The van der Waals surface area contributed by atoms with Crippen molar-refractivity contribution in [1.29, 1.82) is 5.26 Å². The van der Waals surface area contributed by atoms with Crippen LogP contribution >= 0.6 is 0 Å². The largest absolute Gasteiger partial charge is 0.449 e. The first-order valence-corrected chi connectivity index (χ1v) is 9.61. The van der Waals surface area contributed by atoms with E-state index < -0.39 is 23.5 Å². The number of nitriles is 1. The zero-order chi connectivity index (χ0) is 21.2. The van der Waals surface area contributed by atoms with Gasteiger partial charge in [-0.25, -0.2) is 4.79 Å². The SMILES string of the molecule is CC(C)[C@@](C)(C#N)NC(=O)[C@@H](C)OC(=O)c1c2ccccc2cc2ccccc12. The van der Waals surface area contributed by atoms with Crippen LogP contribution < -0.4 is 5.32 Å². The van der Waals surface area contributed by atoms with Crippen molar-refractivity contribution < 1.29 is 14.3 Å². The molecule has 0 aliphatic heterocycles. The van der Waals surface area contributed by atoms with Gasteiger partial charge in [0.2, 0.25) is 0 Å². The molecule has 0 saturated carbocycles. The van der Waals surface area contributed by atoms with Crippen LogP contribution in [0.3, 0.4) is 0 Å². The second kappa shape index (κ2) is 7.92. The van der Waals surface area contributed by atoms with Gasteiger partial charge in [-0.2, -0.15) is 5.26 Å². The summed E-state index contributed by atoms with van der Waals surface area (Å²) in [6.45, 7) is 6.87. The van der Waals surface area contributed by atoms with Crippen molar-refractivity contribution in [2.75, 3.05) is 0 Å². The Bertz CT molecular complexity index is 1080. The maximum Gasteiger partial charge on any atom is 0.340 e. The van der Waals surface area contributed by atoms with Crippen molar-refractivity contribution in [3.8, 4) is 6.07 Å². The standard InChI is InChI=1S/C24H24N2O3/c1-15(2)24(4,14-25)26-22(27)16(3)29-23(28)21-19-11-7-5-9-17(19)13-18-10-6-8-12-20(18)21/h5-13,15-16H,1-4H3,(H,26,27)/t16-,24-/m1/s1. The lowest BCUT2D eigenvalue weighted by molar-refractivity contribution is -0.130.